The van der Waals surface area contributed by atoms with Crippen LogP contribution < -0.4 is 4.90 Å². The maximum Gasteiger partial charge on any atom is 0.160 e. The summed E-state index contributed by atoms with van der Waals surface area (Å²) in [6, 6.07) is 77.5. The van der Waals surface area contributed by atoms with Gasteiger partial charge in [0.25, 0.3) is 0 Å². The Kier molecular flexibility index (Phi) is 9.67. The molecule has 1 aromatic heterocycles. The number of benzene rings is 11. The van der Waals surface area contributed by atoms with Gasteiger partial charge >= 0.3 is 0 Å². The first-order valence-corrected chi connectivity index (χ1v) is 23.9. The average molecular weight is 906 g/mol. The molecule has 334 valence electrons. The predicted octanol–water partition coefficient (Wildman–Crippen LogP) is 18.5. The van der Waals surface area contributed by atoms with Gasteiger partial charge in [0.15, 0.2) is 5.58 Å². The van der Waals surface area contributed by atoms with Gasteiger partial charge in [0.2, 0.25) is 0 Å². The lowest BCUT2D eigenvalue weighted by atomic mass is 9.79. The highest BCUT2D eigenvalue weighted by Crippen LogP contribution is 2.60. The molecule has 0 fully saturated rings. The summed E-state index contributed by atoms with van der Waals surface area (Å²) >= 11 is 0. The zero-order valence-electron chi connectivity index (χ0n) is 38.6. The van der Waals surface area contributed by atoms with Crippen molar-refractivity contribution in [3.05, 3.63) is 270 Å². The van der Waals surface area contributed by atoms with Crippen LogP contribution in [-0.4, -0.2) is 0 Å². The van der Waals surface area contributed by atoms with Crippen molar-refractivity contribution in [1.29, 1.82) is 0 Å². The highest BCUT2D eigenvalue weighted by molar-refractivity contribution is 6.26. The Morgan fingerprint density at radius 3 is 1.61 bits per heavy atom. The van der Waals surface area contributed by atoms with Crippen LogP contribution in [0.2, 0.25) is 0 Å². The summed E-state index contributed by atoms with van der Waals surface area (Å²) in [5, 5.41) is 6.57. The summed E-state index contributed by atoms with van der Waals surface area (Å²) < 4.78 is 40.2. The Bertz CT molecular complexity index is 3990. The minimum absolute atomic E-state index is 0.271. The number of nitrogens with zero attached hydrogens (tertiary/aromatic N) is 1. The molecular weight excluding hydrogens is 861 g/mol. The van der Waals surface area contributed by atoms with Gasteiger partial charge in [0.1, 0.15) is 17.2 Å². The molecule has 0 radical (unpaired) electrons. The summed E-state index contributed by atoms with van der Waals surface area (Å²) in [5.74, 6) is -1.07. The van der Waals surface area contributed by atoms with Crippen molar-refractivity contribution in [2.75, 3.05) is 4.90 Å². The smallest absolute Gasteiger partial charge is 0.160 e. The molecule has 70 heavy (non-hydrogen) atoms. The van der Waals surface area contributed by atoms with Gasteiger partial charge < -0.3 is 9.32 Å². The first-order chi connectivity index (χ1) is 34.3. The molecule has 0 N–H and O–H groups in total. The first kappa shape index (κ1) is 41.6. The Hall–Kier alpha value is -8.60. The van der Waals surface area contributed by atoms with Crippen LogP contribution in [0, 0.1) is 11.6 Å². The third kappa shape index (κ3) is 6.51. The Labute approximate surface area is 405 Å². The van der Waals surface area contributed by atoms with Crippen LogP contribution in [0.15, 0.2) is 235 Å². The van der Waals surface area contributed by atoms with Crippen molar-refractivity contribution in [1.82, 2.24) is 0 Å². The molecule has 0 spiro atoms. The molecule has 1 aliphatic carbocycles. The predicted molar refractivity (Wildman–Crippen MR) is 286 cm³/mol. The number of hydrogen-bond acceptors (Lipinski definition) is 2. The number of anilines is 3. The Morgan fingerprint density at radius 2 is 0.957 bits per heavy atom. The Balaban J connectivity index is 1.12. The lowest BCUT2D eigenvalue weighted by Gasteiger charge is -2.29. The first-order valence-electron chi connectivity index (χ1n) is 23.9. The molecule has 13 rings (SSSR count). The number of furan rings is 1. The van der Waals surface area contributed by atoms with Crippen molar-refractivity contribution in [3.8, 4) is 33.4 Å². The van der Waals surface area contributed by atoms with Gasteiger partial charge in [-0.1, -0.05) is 196 Å². The van der Waals surface area contributed by atoms with Gasteiger partial charge in [-0.15, -0.1) is 0 Å². The van der Waals surface area contributed by atoms with Crippen molar-refractivity contribution in [2.24, 2.45) is 0 Å². The van der Waals surface area contributed by atoms with E-state index < -0.39 is 11.3 Å². The topological polar surface area (TPSA) is 16.4 Å². The number of halogens is 2. The Morgan fingerprint density at radius 1 is 0.429 bits per heavy atom. The average Bonchev–Trinajstić information content (AvgIpc) is 3.91. The molecule has 1 heterocycles. The van der Waals surface area contributed by atoms with E-state index in [4.69, 9.17) is 4.42 Å². The van der Waals surface area contributed by atoms with Crippen molar-refractivity contribution < 1.29 is 13.2 Å². The van der Waals surface area contributed by atoms with E-state index in [1.165, 1.54) is 33.4 Å². The summed E-state index contributed by atoms with van der Waals surface area (Å²) in [6.45, 7) is 4.63. The zero-order valence-corrected chi connectivity index (χ0v) is 38.6. The van der Waals surface area contributed by atoms with Crippen LogP contribution >= 0.6 is 0 Å². The fourth-order valence-electron chi connectivity index (χ4n) is 11.5. The minimum atomic E-state index is -0.507. The van der Waals surface area contributed by atoms with E-state index in [9.17, 15) is 0 Å². The van der Waals surface area contributed by atoms with Crippen molar-refractivity contribution in [3.63, 3.8) is 0 Å². The molecule has 0 bridgehead atoms. The standard InChI is InChI=1S/C66H45F2NO/c1-66(2)54-40-58(69(57-28-16-15-27-56(57)68)47-36-33-44(34-37-47)42-19-7-4-8-20-42)65-62(63(54)61-50-23-11-9-21-48(50)49-22-10-12-24-51(49)64(61)66)53-39-46(35-38-59(53)70-65)60(52-25-13-14-26-55(52)67)45-31-29-43(30-32-45)41-17-5-3-6-18-41/h3-40,60H,1-2H3. The molecule has 1 atom stereocenters. The maximum atomic E-state index is 16.7. The molecule has 12 aromatic rings. The van der Waals surface area contributed by atoms with E-state index in [1.54, 1.807) is 18.2 Å². The van der Waals surface area contributed by atoms with Gasteiger partial charge in [-0.25, -0.2) is 8.78 Å². The van der Waals surface area contributed by atoms with Gasteiger partial charge in [0, 0.05) is 27.8 Å². The largest absolute Gasteiger partial charge is 0.454 e. The van der Waals surface area contributed by atoms with Crippen molar-refractivity contribution >= 4 is 60.5 Å². The van der Waals surface area contributed by atoms with Gasteiger partial charge in [-0.3, -0.25) is 0 Å². The number of rotatable bonds is 8. The quantitative estimate of drug-likeness (QED) is 0.112. The molecule has 0 aliphatic heterocycles. The fourth-order valence-corrected chi connectivity index (χ4v) is 11.5. The van der Waals surface area contributed by atoms with Crippen LogP contribution in [0.1, 0.15) is 47.6 Å². The van der Waals surface area contributed by atoms with Crippen LogP contribution in [0.4, 0.5) is 25.8 Å². The SMILES string of the molecule is CC1(C)c2cc(N(c3ccc(-c4ccccc4)cc3)c3ccccc3F)c3oc4ccc(C(c5ccc(-c6ccccc6)cc5)c5ccccc5F)cc4c3c2-c2c1c1ccccc1c1ccccc21. The van der Waals surface area contributed by atoms with Crippen LogP contribution in [0.3, 0.4) is 0 Å². The van der Waals surface area contributed by atoms with E-state index in [1.807, 2.05) is 71.6 Å². The number of hydrogen-bond donors (Lipinski definition) is 0. The third-order valence-electron chi connectivity index (χ3n) is 14.7. The number of fused-ring (bicyclic) bond motifs is 12. The van der Waals surface area contributed by atoms with E-state index in [0.29, 0.717) is 22.4 Å². The summed E-state index contributed by atoms with van der Waals surface area (Å²) in [5.41, 5.74) is 14.2. The monoisotopic (exact) mass is 905 g/mol. The van der Waals surface area contributed by atoms with E-state index in [2.05, 4.69) is 153 Å². The fraction of sp³-hybridized carbons (Fsp3) is 0.0606. The molecule has 1 aliphatic rings. The molecule has 1 unspecified atom stereocenters. The van der Waals surface area contributed by atoms with E-state index >= 15 is 8.78 Å². The van der Waals surface area contributed by atoms with Crippen LogP contribution in [0.25, 0.3) is 76.9 Å². The van der Waals surface area contributed by atoms with Crippen LogP contribution in [-0.2, 0) is 5.41 Å². The lowest BCUT2D eigenvalue weighted by molar-refractivity contribution is 0.607. The highest BCUT2D eigenvalue weighted by Gasteiger charge is 2.42. The molecule has 0 saturated carbocycles. The van der Waals surface area contributed by atoms with E-state index in [-0.39, 0.29) is 11.6 Å². The van der Waals surface area contributed by atoms with E-state index in [0.717, 1.165) is 72.0 Å². The molecule has 11 aromatic carbocycles. The lowest BCUT2D eigenvalue weighted by Crippen LogP contribution is -2.17. The van der Waals surface area contributed by atoms with Gasteiger partial charge in [-0.2, -0.15) is 0 Å². The second-order valence-electron chi connectivity index (χ2n) is 19.0. The third-order valence-corrected chi connectivity index (χ3v) is 14.7. The maximum absolute atomic E-state index is 16.7. The minimum Gasteiger partial charge on any atom is -0.454 e. The highest BCUT2D eigenvalue weighted by atomic mass is 19.1. The summed E-state index contributed by atoms with van der Waals surface area (Å²) in [7, 11) is 0. The summed E-state index contributed by atoms with van der Waals surface area (Å²) in [4.78, 5) is 2.02. The van der Waals surface area contributed by atoms with Crippen molar-refractivity contribution in [2.45, 2.75) is 25.2 Å². The molecule has 0 amide bonds. The molecule has 0 saturated heterocycles. The molecular formula is C66H45F2NO. The summed E-state index contributed by atoms with van der Waals surface area (Å²) in [6.07, 6.45) is 0. The van der Waals surface area contributed by atoms with Gasteiger partial charge in [-0.05, 0) is 131 Å². The zero-order chi connectivity index (χ0) is 47.1. The molecule has 4 heteroatoms. The molecule has 2 nitrogen and oxygen atoms in total. The van der Waals surface area contributed by atoms with Gasteiger partial charge in [0.05, 0.1) is 11.4 Å². The second kappa shape index (κ2) is 16.3. The van der Waals surface area contributed by atoms with Crippen LogP contribution in [0.5, 0.6) is 0 Å². The normalized spacial score (nSPS) is 13.2. The second-order valence-corrected chi connectivity index (χ2v) is 19.0. The number of para-hydroxylation sites is 1.